The molecule has 1 aromatic carbocycles. The van der Waals surface area contributed by atoms with Crippen molar-refractivity contribution in [3.05, 3.63) is 28.8 Å². The quantitative estimate of drug-likeness (QED) is 0.732. The molecular weight excluding hydrogens is 226 g/mol. The fourth-order valence-corrected chi connectivity index (χ4v) is 1.93. The predicted octanol–water partition coefficient (Wildman–Crippen LogP) is 2.56. The van der Waals surface area contributed by atoms with E-state index < -0.39 is 0 Å². The van der Waals surface area contributed by atoms with Crippen LogP contribution in [0.1, 0.15) is 37.0 Å². The van der Waals surface area contributed by atoms with Crippen LogP contribution < -0.4 is 10.1 Å². The molecule has 1 aromatic rings. The minimum atomic E-state index is 0.175. The molecule has 1 rings (SSSR count). The van der Waals surface area contributed by atoms with Gasteiger partial charge in [0.25, 0.3) is 0 Å². The van der Waals surface area contributed by atoms with E-state index in [4.69, 9.17) is 9.84 Å². The van der Waals surface area contributed by atoms with Gasteiger partial charge >= 0.3 is 0 Å². The summed E-state index contributed by atoms with van der Waals surface area (Å²) in [6, 6.07) is 4.82. The predicted molar refractivity (Wildman–Crippen MR) is 75.1 cm³/mol. The molecule has 2 N–H and O–H groups in total. The first-order valence-corrected chi connectivity index (χ1v) is 6.61. The van der Waals surface area contributed by atoms with Crippen molar-refractivity contribution < 1.29 is 9.84 Å². The van der Waals surface area contributed by atoms with Crippen molar-refractivity contribution in [3.8, 4) is 5.75 Å². The molecule has 0 fully saturated rings. The fraction of sp³-hybridized carbons (Fsp3) is 0.600. The number of ether oxygens (including phenoxy) is 1. The van der Waals surface area contributed by atoms with Crippen molar-refractivity contribution in [2.24, 2.45) is 0 Å². The molecule has 102 valence electrons. The van der Waals surface area contributed by atoms with Crippen molar-refractivity contribution in [2.45, 2.75) is 46.7 Å². The molecule has 0 heterocycles. The molecule has 0 atom stereocenters. The van der Waals surface area contributed by atoms with Gasteiger partial charge in [0.05, 0.1) is 6.61 Å². The monoisotopic (exact) mass is 251 g/mol. The summed E-state index contributed by atoms with van der Waals surface area (Å²) >= 11 is 0. The van der Waals surface area contributed by atoms with Crippen LogP contribution in [0.5, 0.6) is 5.75 Å². The lowest BCUT2D eigenvalue weighted by Gasteiger charge is -2.15. The molecule has 0 unspecified atom stereocenters. The second-order valence-electron chi connectivity index (χ2n) is 5.02. The van der Waals surface area contributed by atoms with Gasteiger partial charge in [-0.25, -0.2) is 0 Å². The molecule has 0 aliphatic heterocycles. The highest BCUT2D eigenvalue weighted by Gasteiger charge is 2.06. The van der Waals surface area contributed by atoms with Crippen LogP contribution in [0.4, 0.5) is 0 Å². The maximum Gasteiger partial charge on any atom is 0.125 e. The lowest BCUT2D eigenvalue weighted by Crippen LogP contribution is -2.21. The molecule has 3 heteroatoms. The first kappa shape index (κ1) is 15.0. The van der Waals surface area contributed by atoms with Gasteiger partial charge in [-0.2, -0.15) is 0 Å². The second-order valence-corrected chi connectivity index (χ2v) is 5.02. The van der Waals surface area contributed by atoms with Crippen LogP contribution in [0.2, 0.25) is 0 Å². The number of aliphatic hydroxyl groups excluding tert-OH is 1. The normalized spacial score (nSPS) is 11.0. The van der Waals surface area contributed by atoms with E-state index in [0.29, 0.717) is 19.1 Å². The van der Waals surface area contributed by atoms with E-state index in [2.05, 4.69) is 45.1 Å². The van der Waals surface area contributed by atoms with E-state index in [0.717, 1.165) is 23.4 Å². The van der Waals surface area contributed by atoms with Gasteiger partial charge in [-0.15, -0.1) is 0 Å². The summed E-state index contributed by atoms with van der Waals surface area (Å²) in [7, 11) is 0. The van der Waals surface area contributed by atoms with Gasteiger partial charge in [0.2, 0.25) is 0 Å². The minimum absolute atomic E-state index is 0.175. The number of aliphatic hydroxyl groups is 1. The Hall–Kier alpha value is -1.06. The average molecular weight is 251 g/mol. The Kier molecular flexibility index (Phi) is 6.16. The van der Waals surface area contributed by atoms with Gasteiger partial charge in [-0.3, -0.25) is 0 Å². The Morgan fingerprint density at radius 1 is 1.22 bits per heavy atom. The van der Waals surface area contributed by atoms with E-state index >= 15 is 0 Å². The zero-order valence-electron chi connectivity index (χ0n) is 11.9. The lowest BCUT2D eigenvalue weighted by molar-refractivity contribution is 0.232. The summed E-state index contributed by atoms with van der Waals surface area (Å²) < 4.78 is 5.71. The van der Waals surface area contributed by atoms with Crippen LogP contribution in [0.15, 0.2) is 12.1 Å². The van der Waals surface area contributed by atoms with E-state index in [1.807, 2.05) is 0 Å². The van der Waals surface area contributed by atoms with Gasteiger partial charge in [0.15, 0.2) is 0 Å². The molecule has 0 amide bonds. The van der Waals surface area contributed by atoms with Crippen LogP contribution in [0.25, 0.3) is 0 Å². The van der Waals surface area contributed by atoms with Gasteiger partial charge in [0, 0.05) is 25.6 Å². The largest absolute Gasteiger partial charge is 0.493 e. The maximum atomic E-state index is 8.76. The van der Waals surface area contributed by atoms with Gasteiger partial charge < -0.3 is 15.2 Å². The summed E-state index contributed by atoms with van der Waals surface area (Å²) in [6.07, 6.45) is 0.676. The molecule has 0 spiro atoms. The van der Waals surface area contributed by atoms with Crippen LogP contribution in [-0.2, 0) is 6.54 Å². The zero-order chi connectivity index (χ0) is 13.5. The summed E-state index contributed by atoms with van der Waals surface area (Å²) in [5, 5.41) is 12.2. The SMILES string of the molecule is Cc1cc(CNC(C)C)cc(C)c1OCCCO. The molecule has 0 radical (unpaired) electrons. The number of hydrogen-bond donors (Lipinski definition) is 2. The van der Waals surface area contributed by atoms with Crippen LogP contribution in [0.3, 0.4) is 0 Å². The molecule has 0 saturated heterocycles. The first-order valence-electron chi connectivity index (χ1n) is 6.61. The average Bonchev–Trinajstić information content (AvgIpc) is 2.30. The Morgan fingerprint density at radius 3 is 2.33 bits per heavy atom. The molecule has 0 bridgehead atoms. The highest BCUT2D eigenvalue weighted by molar-refractivity contribution is 5.43. The lowest BCUT2D eigenvalue weighted by atomic mass is 10.1. The number of nitrogens with one attached hydrogen (secondary N) is 1. The molecule has 0 aliphatic carbocycles. The summed E-state index contributed by atoms with van der Waals surface area (Å²) in [6.45, 7) is 10.1. The molecule has 18 heavy (non-hydrogen) atoms. The van der Waals surface area contributed by atoms with E-state index in [1.54, 1.807) is 0 Å². The standard InChI is InChI=1S/C15H25NO2/c1-11(2)16-10-14-8-12(3)15(13(4)9-14)18-7-5-6-17/h8-9,11,16-17H,5-7,10H2,1-4H3. The zero-order valence-corrected chi connectivity index (χ0v) is 11.9. The Bertz CT molecular complexity index is 352. The van der Waals surface area contributed by atoms with Crippen molar-refractivity contribution >= 4 is 0 Å². The molecule has 0 aromatic heterocycles. The number of rotatable bonds is 7. The Balaban J connectivity index is 2.71. The van der Waals surface area contributed by atoms with Crippen molar-refractivity contribution in [1.82, 2.24) is 5.32 Å². The van der Waals surface area contributed by atoms with E-state index in [-0.39, 0.29) is 6.61 Å². The number of hydrogen-bond acceptors (Lipinski definition) is 3. The summed E-state index contributed by atoms with van der Waals surface area (Å²) in [5.74, 6) is 0.955. The van der Waals surface area contributed by atoms with Gasteiger partial charge in [0.1, 0.15) is 5.75 Å². The minimum Gasteiger partial charge on any atom is -0.493 e. The number of aryl methyl sites for hydroxylation is 2. The van der Waals surface area contributed by atoms with Crippen LogP contribution in [0, 0.1) is 13.8 Å². The first-order chi connectivity index (χ1) is 8.54. The third-order valence-electron chi connectivity index (χ3n) is 2.78. The van der Waals surface area contributed by atoms with Gasteiger partial charge in [-0.1, -0.05) is 26.0 Å². The van der Waals surface area contributed by atoms with E-state index in [1.165, 1.54) is 5.56 Å². The fourth-order valence-electron chi connectivity index (χ4n) is 1.93. The maximum absolute atomic E-state index is 8.76. The van der Waals surface area contributed by atoms with Crippen molar-refractivity contribution in [1.29, 1.82) is 0 Å². The smallest absolute Gasteiger partial charge is 0.125 e. The molecule has 0 aliphatic rings. The van der Waals surface area contributed by atoms with Gasteiger partial charge in [-0.05, 0) is 30.5 Å². The van der Waals surface area contributed by atoms with Crippen LogP contribution in [-0.4, -0.2) is 24.4 Å². The highest BCUT2D eigenvalue weighted by Crippen LogP contribution is 2.25. The molecule has 3 nitrogen and oxygen atoms in total. The van der Waals surface area contributed by atoms with Crippen LogP contribution >= 0.6 is 0 Å². The van der Waals surface area contributed by atoms with Crippen molar-refractivity contribution in [3.63, 3.8) is 0 Å². The Morgan fingerprint density at radius 2 is 1.83 bits per heavy atom. The Labute approximate surface area is 110 Å². The van der Waals surface area contributed by atoms with E-state index in [9.17, 15) is 0 Å². The highest BCUT2D eigenvalue weighted by atomic mass is 16.5. The third kappa shape index (κ3) is 4.67. The number of benzene rings is 1. The summed E-state index contributed by atoms with van der Waals surface area (Å²) in [4.78, 5) is 0. The molecule has 0 saturated carbocycles. The summed E-state index contributed by atoms with van der Waals surface area (Å²) in [5.41, 5.74) is 3.61. The third-order valence-corrected chi connectivity index (χ3v) is 2.78. The van der Waals surface area contributed by atoms with Crippen molar-refractivity contribution in [2.75, 3.05) is 13.2 Å². The molecular formula is C15H25NO2. The topological polar surface area (TPSA) is 41.5 Å². The second kappa shape index (κ2) is 7.39.